The van der Waals surface area contributed by atoms with E-state index in [4.69, 9.17) is 0 Å². The van der Waals surface area contributed by atoms with Gasteiger partial charge in [-0.05, 0) is 0 Å². The van der Waals surface area contributed by atoms with Gasteiger partial charge in [-0.1, -0.05) is 0 Å². The van der Waals surface area contributed by atoms with E-state index in [9.17, 15) is 57.4 Å². The van der Waals surface area contributed by atoms with Gasteiger partial charge in [-0.15, -0.1) is 0 Å². The minimum absolute atomic E-state index is 0. The Hall–Kier alpha value is -2.12. The van der Waals surface area contributed by atoms with Crippen molar-refractivity contribution < 1.29 is 75.5 Å². The highest BCUT2D eigenvalue weighted by atomic mass is 31.2. The fourth-order valence-electron chi connectivity index (χ4n) is 1.23. The van der Waals surface area contributed by atoms with Gasteiger partial charge >= 0.3 is 0 Å². The van der Waals surface area contributed by atoms with Crippen molar-refractivity contribution in [3.8, 4) is 0 Å². The number of nitrogens with zero attached hydrogens (tertiary/aromatic N) is 2. The van der Waals surface area contributed by atoms with Crippen LogP contribution in [0.3, 0.4) is 0 Å². The summed E-state index contributed by atoms with van der Waals surface area (Å²) in [4.78, 5) is 84.8. The minimum Gasteiger partial charge on any atom is -0.790 e. The maximum Gasteiger partial charge on any atom is 0.106 e. The normalized spacial score (nSPS) is 4.42. The van der Waals surface area contributed by atoms with Gasteiger partial charge in [-0.2, -0.15) is 0 Å². The molecule has 0 unspecified atom stereocenters. The zero-order valence-electron chi connectivity index (χ0n) is 75.5. The zero-order chi connectivity index (χ0) is 22.2. The third-order valence-corrected chi connectivity index (χ3v) is 4.05. The number of quaternary nitrogens is 62. The van der Waals surface area contributed by atoms with Gasteiger partial charge < -0.3 is 457 Å². The molecule has 0 saturated carbocycles. The Bertz CT molecular complexity index is 607. The van der Waals surface area contributed by atoms with Crippen LogP contribution in [0.15, 0.2) is 0 Å². The molecule has 0 atom stereocenters. The van der Waals surface area contributed by atoms with Crippen LogP contribution in [0.25, 0.3) is 0 Å². The van der Waals surface area contributed by atoms with Crippen LogP contribution in [0.5, 0.6) is 0 Å². The van der Waals surface area contributed by atoms with Crippen LogP contribution in [0.4, 0.5) is 0 Å². The largest absolute Gasteiger partial charge is 0.790 e. The fraction of sp³-hybridized carbons (Fsp3) is 1.00. The average molecular weight is 1610 g/mol. The van der Waals surface area contributed by atoms with E-state index in [-0.39, 0.29) is 381 Å². The molecule has 0 amide bonds. The van der Waals surface area contributed by atoms with Gasteiger partial charge in [0.1, 0.15) is 26.9 Å². The van der Waals surface area contributed by atoms with E-state index >= 15 is 0 Å². The summed E-state index contributed by atoms with van der Waals surface area (Å²) in [5.74, 6) is 0. The summed E-state index contributed by atoms with van der Waals surface area (Å²) in [7, 11) is -22.1. The highest BCUT2D eigenvalue weighted by Crippen LogP contribution is 2.28. The fourth-order valence-corrected chi connectivity index (χ4v) is 2.44. The Balaban J connectivity index is -0.00000000193. The molecule has 0 fully saturated rings. The summed E-state index contributed by atoms with van der Waals surface area (Å²) in [5, 5.41) is 0. The molecule has 90 heavy (non-hydrogen) atoms. The summed E-state index contributed by atoms with van der Waals surface area (Å²) >= 11 is 0. The van der Waals surface area contributed by atoms with Crippen molar-refractivity contribution in [2.75, 3.05) is 40.0 Å². The summed E-state index contributed by atoms with van der Waals surface area (Å²) in [5.41, 5.74) is 0. The van der Waals surface area contributed by atoms with Crippen molar-refractivity contribution in [2.24, 2.45) is 0 Å². The van der Waals surface area contributed by atoms with Crippen LogP contribution >= 0.6 is 31.3 Å². The second-order valence-corrected chi connectivity index (χ2v) is 9.22. The third-order valence-electron chi connectivity index (χ3n) is 2.33. The molecule has 0 aromatic rings. The Morgan fingerprint density at radius 1 is 0.156 bits per heavy atom. The number of hydrogen-bond donors (Lipinski definition) is 62. The Labute approximate surface area is 538 Å². The van der Waals surface area contributed by atoms with Crippen LogP contribution in [0, 0.1) is 0 Å². The highest BCUT2D eigenvalue weighted by molar-refractivity contribution is 7.43. The Morgan fingerprint density at radius 3 is 0.256 bits per heavy atom. The van der Waals surface area contributed by atoms with E-state index in [1.807, 2.05) is 0 Å². The molecule has 0 saturated heterocycles. The van der Waals surface area contributed by atoms with E-state index < -0.39 is 71.3 Å². The monoisotopic (exact) mass is 1610 g/mol. The first-order valence-electron chi connectivity index (χ1n) is 6.47. The standard InChI is InChI=1S/C6H20N2O16P4.62H3N/c9-25(10,11)21-3-7(4-22-26(12,13)14)1-2-8(5-23-27(15,16)17)6-24-28(18,19)20;;;;;;;;;;;;;;;;;;;;;;;;;;;;;;;;;;;;;;;;;;;;;;;;;;;;;;;;;;;;;;/h1-6H2,(H2,9,10,11)(H2,12,13,14)(H2,15,16,17)(H2,18,19,20);62*1H3/p+54. The molecule has 0 aromatic heterocycles. The molecule has 0 radical (unpaired) electrons. The van der Waals surface area contributed by atoms with E-state index in [0.29, 0.717) is 9.80 Å². The van der Waals surface area contributed by atoms with Crippen LogP contribution in [0.1, 0.15) is 0 Å². The van der Waals surface area contributed by atoms with Crippen molar-refractivity contribution in [3.63, 3.8) is 0 Å². The molecule has 666 valence electrons. The SMILES string of the molecule is O=P([O-])([O-])OCN(CCN(COP(=O)([O-])[O-])COP(=O)([O-])[O-])COP(=O)([O-])[O-].[NH4+].[NH4+].[NH4+].[NH4+].[NH4+].[NH4+].[NH4+].[NH4+].[NH4+].[NH4+].[NH4+].[NH4+].[NH4+].[NH4+].[NH4+].[NH4+].[NH4+].[NH4+].[NH4+].[NH4+].[NH4+].[NH4+].[NH4+].[NH4+].[NH4+].[NH4+].[NH4+].[NH4+].[NH4+].[NH4+].[NH4+].[NH4+].[NH4+].[NH4+].[NH4+].[NH4+].[NH4+].[NH4+].[NH4+].[NH4+].[NH4+].[NH4+].[NH4+].[NH4+].[NH4+].[NH4+].[NH4+].[NH4+].[NH4+].[NH4+].[NH4+].[NH4+].[NH4+].[NH4+].[NH4+].[NH4+].[NH4+].[NH4+].[NH4+].[NH4+].[NH4+].[NH4+]. The molecule has 0 aliphatic rings. The Morgan fingerprint density at radius 2 is 0.211 bits per heavy atom. The van der Waals surface area contributed by atoms with Gasteiger partial charge in [0.15, 0.2) is 0 Å². The van der Waals surface area contributed by atoms with Gasteiger partial charge in [0.2, 0.25) is 0 Å². The molecule has 0 aliphatic heterocycles. The molecular formula is C6H260N64O16P4+54. The molecule has 0 spiro atoms. The van der Waals surface area contributed by atoms with Crippen LogP contribution in [-0.4, -0.2) is 49.8 Å². The molecule has 0 aliphatic carbocycles. The average Bonchev–Trinajstić information content (AvgIpc) is 2.44. The van der Waals surface area contributed by atoms with Crippen molar-refractivity contribution >= 4 is 31.3 Å². The van der Waals surface area contributed by atoms with Crippen LogP contribution in [-0.2, 0) is 36.4 Å². The first kappa shape index (κ1) is 1070. The predicted molar refractivity (Wildman–Crippen MR) is 439 cm³/mol. The van der Waals surface area contributed by atoms with Crippen molar-refractivity contribution in [1.82, 2.24) is 391 Å². The Kier molecular flexibility index (Phi) is 5320. The molecule has 248 N–H and O–H groups in total. The minimum atomic E-state index is -5.53. The van der Waals surface area contributed by atoms with Crippen LogP contribution in [0.2, 0.25) is 0 Å². The van der Waals surface area contributed by atoms with Gasteiger partial charge in [0.25, 0.3) is 0 Å². The quantitative estimate of drug-likeness (QED) is 0.0535. The molecule has 84 heteroatoms. The lowest BCUT2D eigenvalue weighted by Crippen LogP contribution is -2.41. The summed E-state index contributed by atoms with van der Waals surface area (Å²) in [6.07, 6.45) is 0. The predicted octanol–water partition coefficient (Wildman–Crippen LogP) is 16.1. The van der Waals surface area contributed by atoms with E-state index in [2.05, 4.69) is 18.1 Å². The molecule has 0 heterocycles. The summed E-state index contributed by atoms with van der Waals surface area (Å²) < 4.78 is 57.2. The smallest absolute Gasteiger partial charge is 0.106 e. The van der Waals surface area contributed by atoms with E-state index in [1.165, 1.54) is 0 Å². The van der Waals surface area contributed by atoms with Crippen LogP contribution < -0.4 is 420 Å². The zero-order valence-corrected chi connectivity index (χ0v) is 79.0. The number of rotatable bonds is 15. The van der Waals surface area contributed by atoms with Gasteiger partial charge in [0, 0.05) is 13.1 Å². The second kappa shape index (κ2) is 447. The highest BCUT2D eigenvalue weighted by Gasteiger charge is 2.13. The molecule has 0 aromatic carbocycles. The molecule has 0 bridgehead atoms. The van der Waals surface area contributed by atoms with Gasteiger partial charge in [0.05, 0.1) is 31.3 Å². The summed E-state index contributed by atoms with van der Waals surface area (Å²) in [6, 6.07) is 0. The first-order valence-corrected chi connectivity index (χ1v) is 12.3. The second-order valence-electron chi connectivity index (χ2n) is 4.61. The lowest BCUT2D eigenvalue weighted by atomic mass is 10.5. The van der Waals surface area contributed by atoms with Gasteiger partial charge in [-0.3, -0.25) is 9.80 Å². The number of hydrogen-bond acceptors (Lipinski definition) is 18. The van der Waals surface area contributed by atoms with Crippen molar-refractivity contribution in [2.45, 2.75) is 0 Å². The van der Waals surface area contributed by atoms with Gasteiger partial charge in [-0.25, -0.2) is 0 Å². The third kappa shape index (κ3) is 856. The van der Waals surface area contributed by atoms with Crippen molar-refractivity contribution in [3.05, 3.63) is 0 Å². The molecular weight excluding hydrogens is 1350 g/mol. The number of phosphoric ester groups is 4. The lowest BCUT2D eigenvalue weighted by Gasteiger charge is -2.37. The summed E-state index contributed by atoms with van der Waals surface area (Å²) in [6.45, 7) is -5.66. The maximum atomic E-state index is 10.5. The topological polar surface area (TPSA) is 2560 Å². The lowest BCUT2D eigenvalue weighted by molar-refractivity contribution is -0.351. The van der Waals surface area contributed by atoms with Crippen molar-refractivity contribution in [1.29, 1.82) is 0 Å². The first-order chi connectivity index (χ1) is 12.4. The molecule has 0 rings (SSSR count). The number of phosphoric acid groups is 4. The van der Waals surface area contributed by atoms with E-state index in [1.54, 1.807) is 0 Å². The maximum absolute atomic E-state index is 10.5. The molecule has 80 nitrogen and oxygen atoms in total. The van der Waals surface area contributed by atoms with E-state index in [0.717, 1.165) is 0 Å².